The second-order valence-corrected chi connectivity index (χ2v) is 6.90. The molecule has 0 saturated carbocycles. The van der Waals surface area contributed by atoms with Crippen molar-refractivity contribution in [1.29, 1.82) is 0 Å². The lowest BCUT2D eigenvalue weighted by atomic mass is 10.1. The van der Waals surface area contributed by atoms with Gasteiger partial charge in [0.2, 0.25) is 0 Å². The predicted octanol–water partition coefficient (Wildman–Crippen LogP) is 0.400. The molecule has 0 aliphatic carbocycles. The third-order valence-corrected chi connectivity index (χ3v) is 4.85. The summed E-state index contributed by atoms with van der Waals surface area (Å²) in [6, 6.07) is 3.41. The summed E-state index contributed by atoms with van der Waals surface area (Å²) in [5.74, 6) is -0.712. The van der Waals surface area contributed by atoms with Gasteiger partial charge in [-0.15, -0.1) is 0 Å². The largest absolute Gasteiger partial charge is 0.477 e. The fourth-order valence-corrected chi connectivity index (χ4v) is 3.46. The van der Waals surface area contributed by atoms with Crippen molar-refractivity contribution in [3.63, 3.8) is 0 Å². The molecule has 0 spiro atoms. The number of pyridine rings is 1. The molecule has 1 aromatic heterocycles. The Morgan fingerprint density at radius 2 is 2.16 bits per heavy atom. The van der Waals surface area contributed by atoms with Gasteiger partial charge in [-0.25, -0.2) is 18.2 Å². The molecular weight excluding hydrogens is 268 g/mol. The molecule has 1 N–H and O–H groups in total. The molecule has 0 unspecified atom stereocenters. The first kappa shape index (κ1) is 14.0. The van der Waals surface area contributed by atoms with Crippen LogP contribution < -0.4 is 0 Å². The molecule has 0 atom stereocenters. The third kappa shape index (κ3) is 3.74. The average Bonchev–Trinajstić information content (AvgIpc) is 2.51. The Kier molecular flexibility index (Phi) is 4.16. The van der Waals surface area contributed by atoms with Crippen molar-refractivity contribution in [3.05, 3.63) is 29.6 Å². The van der Waals surface area contributed by atoms with Gasteiger partial charge in [-0.3, -0.25) is 4.90 Å². The van der Waals surface area contributed by atoms with Gasteiger partial charge in [0.15, 0.2) is 15.5 Å². The highest BCUT2D eigenvalue weighted by atomic mass is 32.2. The first-order valence-electron chi connectivity index (χ1n) is 6.08. The molecule has 0 amide bonds. The van der Waals surface area contributed by atoms with Crippen LogP contribution in [-0.2, 0) is 16.4 Å². The van der Waals surface area contributed by atoms with E-state index in [1.54, 1.807) is 12.1 Å². The number of carboxylic acid groups (broad SMARTS) is 1. The molecule has 6 nitrogen and oxygen atoms in total. The van der Waals surface area contributed by atoms with Crippen LogP contribution >= 0.6 is 0 Å². The van der Waals surface area contributed by atoms with E-state index in [1.165, 1.54) is 6.20 Å². The summed E-state index contributed by atoms with van der Waals surface area (Å²) in [4.78, 5) is 16.9. The molecule has 1 saturated heterocycles. The Morgan fingerprint density at radius 3 is 2.89 bits per heavy atom. The number of nitrogens with zero attached hydrogens (tertiary/aromatic N) is 2. The molecule has 0 radical (unpaired) electrons. The molecular formula is C12H16N2O4S. The van der Waals surface area contributed by atoms with E-state index >= 15 is 0 Å². The van der Waals surface area contributed by atoms with Crippen LogP contribution in [0.2, 0.25) is 0 Å². The van der Waals surface area contributed by atoms with E-state index in [9.17, 15) is 13.2 Å². The monoisotopic (exact) mass is 284 g/mol. The Bertz CT molecular complexity index is 571. The zero-order valence-electron chi connectivity index (χ0n) is 10.4. The molecule has 1 aliphatic rings. The van der Waals surface area contributed by atoms with Crippen molar-refractivity contribution in [2.75, 3.05) is 24.6 Å². The number of carbonyl (C=O) groups is 1. The summed E-state index contributed by atoms with van der Waals surface area (Å²) in [7, 11) is -2.94. The van der Waals surface area contributed by atoms with E-state index in [1.807, 2.05) is 4.90 Å². The van der Waals surface area contributed by atoms with Crippen molar-refractivity contribution in [1.82, 2.24) is 9.88 Å². The molecule has 104 valence electrons. The van der Waals surface area contributed by atoms with Gasteiger partial charge in [-0.1, -0.05) is 6.07 Å². The van der Waals surface area contributed by atoms with E-state index < -0.39 is 15.8 Å². The summed E-state index contributed by atoms with van der Waals surface area (Å²) >= 11 is 0. The van der Waals surface area contributed by atoms with Gasteiger partial charge < -0.3 is 5.11 Å². The number of rotatable bonds is 3. The van der Waals surface area contributed by atoms with Crippen LogP contribution in [-0.4, -0.2) is 54.0 Å². The minimum absolute atomic E-state index is 0.0367. The number of carboxylic acids is 1. The van der Waals surface area contributed by atoms with Gasteiger partial charge in [-0.05, 0) is 24.6 Å². The molecule has 1 fully saturated rings. The second kappa shape index (κ2) is 5.66. The molecule has 7 heteroatoms. The van der Waals surface area contributed by atoms with Gasteiger partial charge >= 0.3 is 5.97 Å². The standard InChI is InChI=1S/C12H16N2O4S/c15-12(16)11-10(3-1-4-13-11)9-14-5-2-7-19(17,18)8-6-14/h1,3-4H,2,5-9H2,(H,15,16). The Balaban J connectivity index is 2.11. The van der Waals surface area contributed by atoms with Crippen molar-refractivity contribution in [2.45, 2.75) is 13.0 Å². The first-order valence-corrected chi connectivity index (χ1v) is 7.90. The zero-order valence-corrected chi connectivity index (χ0v) is 11.3. The van der Waals surface area contributed by atoms with E-state index in [4.69, 9.17) is 5.11 Å². The van der Waals surface area contributed by atoms with Gasteiger partial charge in [0.05, 0.1) is 11.5 Å². The van der Waals surface area contributed by atoms with Gasteiger partial charge in [0.1, 0.15) is 0 Å². The van der Waals surface area contributed by atoms with Crippen LogP contribution in [0.3, 0.4) is 0 Å². The molecule has 19 heavy (non-hydrogen) atoms. The molecule has 2 rings (SSSR count). The molecule has 2 heterocycles. The third-order valence-electron chi connectivity index (χ3n) is 3.14. The number of hydrogen-bond donors (Lipinski definition) is 1. The molecule has 1 aromatic rings. The molecule has 0 aromatic carbocycles. The maximum absolute atomic E-state index is 11.5. The quantitative estimate of drug-likeness (QED) is 0.864. The van der Waals surface area contributed by atoms with Crippen molar-refractivity contribution in [2.24, 2.45) is 0 Å². The van der Waals surface area contributed by atoms with E-state index in [0.717, 1.165) is 0 Å². The van der Waals surface area contributed by atoms with Crippen LogP contribution in [0, 0.1) is 0 Å². The molecule has 1 aliphatic heterocycles. The van der Waals surface area contributed by atoms with E-state index in [0.29, 0.717) is 31.6 Å². The minimum atomic E-state index is -2.94. The zero-order chi connectivity index (χ0) is 13.9. The van der Waals surface area contributed by atoms with Crippen LogP contribution in [0.15, 0.2) is 18.3 Å². The van der Waals surface area contributed by atoms with E-state index in [2.05, 4.69) is 4.98 Å². The van der Waals surface area contributed by atoms with Crippen molar-refractivity contribution >= 4 is 15.8 Å². The maximum atomic E-state index is 11.5. The maximum Gasteiger partial charge on any atom is 0.354 e. The summed E-state index contributed by atoms with van der Waals surface area (Å²) < 4.78 is 23.0. The van der Waals surface area contributed by atoms with Gasteiger partial charge in [-0.2, -0.15) is 0 Å². The Hall–Kier alpha value is -1.47. The van der Waals surface area contributed by atoms with Crippen LogP contribution in [0.4, 0.5) is 0 Å². The van der Waals surface area contributed by atoms with Gasteiger partial charge in [0, 0.05) is 19.3 Å². The highest BCUT2D eigenvalue weighted by Gasteiger charge is 2.20. The van der Waals surface area contributed by atoms with Crippen molar-refractivity contribution in [3.8, 4) is 0 Å². The molecule has 0 bridgehead atoms. The lowest BCUT2D eigenvalue weighted by Gasteiger charge is -2.19. The lowest BCUT2D eigenvalue weighted by Crippen LogP contribution is -2.27. The highest BCUT2D eigenvalue weighted by molar-refractivity contribution is 7.91. The summed E-state index contributed by atoms with van der Waals surface area (Å²) in [5.41, 5.74) is 0.656. The topological polar surface area (TPSA) is 87.6 Å². The normalized spacial score (nSPS) is 19.8. The van der Waals surface area contributed by atoms with Crippen LogP contribution in [0.5, 0.6) is 0 Å². The number of sulfone groups is 1. The summed E-state index contributed by atoms with van der Waals surface area (Å²) in [6.07, 6.45) is 2.03. The summed E-state index contributed by atoms with van der Waals surface area (Å²) in [5, 5.41) is 9.06. The summed E-state index contributed by atoms with van der Waals surface area (Å²) in [6.45, 7) is 1.52. The predicted molar refractivity (Wildman–Crippen MR) is 69.7 cm³/mol. The Labute approximate surface area is 112 Å². The SMILES string of the molecule is O=C(O)c1ncccc1CN1CCCS(=O)(=O)CC1. The number of aromatic nitrogens is 1. The fraction of sp³-hybridized carbons (Fsp3) is 0.500. The first-order chi connectivity index (χ1) is 8.98. The van der Waals surface area contributed by atoms with Crippen molar-refractivity contribution < 1.29 is 18.3 Å². The van der Waals surface area contributed by atoms with Crippen LogP contribution in [0.25, 0.3) is 0 Å². The number of hydrogen-bond acceptors (Lipinski definition) is 5. The van der Waals surface area contributed by atoms with E-state index in [-0.39, 0.29) is 17.2 Å². The highest BCUT2D eigenvalue weighted by Crippen LogP contribution is 2.12. The Morgan fingerprint density at radius 1 is 1.37 bits per heavy atom. The average molecular weight is 284 g/mol. The van der Waals surface area contributed by atoms with Crippen LogP contribution in [0.1, 0.15) is 22.5 Å². The number of aromatic carboxylic acids is 1. The minimum Gasteiger partial charge on any atom is -0.477 e. The fourth-order valence-electron chi connectivity index (χ4n) is 2.15. The lowest BCUT2D eigenvalue weighted by molar-refractivity contribution is 0.0688. The van der Waals surface area contributed by atoms with Gasteiger partial charge in [0.25, 0.3) is 0 Å². The smallest absolute Gasteiger partial charge is 0.354 e. The second-order valence-electron chi connectivity index (χ2n) is 4.60.